The van der Waals surface area contributed by atoms with Gasteiger partial charge in [-0.2, -0.15) is 0 Å². The molecule has 0 amide bonds. The van der Waals surface area contributed by atoms with Crippen LogP contribution in [0.1, 0.15) is 16.9 Å². The molecule has 1 nitrogen and oxygen atoms in total. The summed E-state index contributed by atoms with van der Waals surface area (Å²) in [6.07, 6.45) is 6.83. The van der Waals surface area contributed by atoms with E-state index in [2.05, 4.69) is 28.9 Å². The lowest BCUT2D eigenvalue weighted by atomic mass is 10.1. The van der Waals surface area contributed by atoms with E-state index in [1.807, 2.05) is 18.4 Å². The third-order valence-electron chi connectivity index (χ3n) is 2.34. The lowest BCUT2D eigenvalue weighted by Crippen LogP contribution is -2.25. The Morgan fingerprint density at radius 1 is 1.58 bits per heavy atom. The van der Waals surface area contributed by atoms with Gasteiger partial charge in [-0.05, 0) is 36.9 Å². The summed E-state index contributed by atoms with van der Waals surface area (Å²) in [5.74, 6) is 0. The van der Waals surface area contributed by atoms with Gasteiger partial charge < -0.3 is 5.32 Å². The van der Waals surface area contributed by atoms with Gasteiger partial charge in [-0.3, -0.25) is 0 Å². The highest BCUT2D eigenvalue weighted by Crippen LogP contribution is 2.23. The summed E-state index contributed by atoms with van der Waals surface area (Å²) < 4.78 is 0. The summed E-state index contributed by atoms with van der Waals surface area (Å²) in [7, 11) is 2.04. The minimum atomic E-state index is 0.626. The van der Waals surface area contributed by atoms with Crippen LogP contribution in [-0.4, -0.2) is 13.1 Å². The number of likely N-dealkylation sites (N-methyl/N-ethyl adjacent to an activating group) is 1. The van der Waals surface area contributed by atoms with E-state index in [1.165, 1.54) is 16.9 Å². The third kappa shape index (κ3) is 1.45. The number of rotatable bonds is 1. The molecule has 1 unspecified atom stereocenters. The van der Waals surface area contributed by atoms with Crippen molar-refractivity contribution >= 4 is 17.4 Å². The maximum Gasteiger partial charge on any atom is 0.0147 e. The zero-order valence-electron chi connectivity index (χ0n) is 7.21. The predicted octanol–water partition coefficient (Wildman–Crippen LogP) is 2.30. The van der Waals surface area contributed by atoms with Crippen molar-refractivity contribution in [3.63, 3.8) is 0 Å². The molecule has 1 aromatic heterocycles. The first-order chi connectivity index (χ1) is 5.90. The van der Waals surface area contributed by atoms with Crippen molar-refractivity contribution in [1.82, 2.24) is 5.32 Å². The van der Waals surface area contributed by atoms with Gasteiger partial charge in [0.2, 0.25) is 0 Å². The van der Waals surface area contributed by atoms with E-state index in [0.29, 0.717) is 6.04 Å². The van der Waals surface area contributed by atoms with E-state index < -0.39 is 0 Å². The minimum Gasteiger partial charge on any atom is -0.316 e. The van der Waals surface area contributed by atoms with E-state index in [0.717, 1.165) is 6.42 Å². The van der Waals surface area contributed by atoms with E-state index in [4.69, 9.17) is 0 Å². The van der Waals surface area contributed by atoms with E-state index in [9.17, 15) is 0 Å². The second kappa shape index (κ2) is 3.42. The fourth-order valence-corrected chi connectivity index (χ4v) is 2.50. The van der Waals surface area contributed by atoms with Gasteiger partial charge in [-0.25, -0.2) is 0 Å². The summed E-state index contributed by atoms with van der Waals surface area (Å²) >= 11 is 1.87. The van der Waals surface area contributed by atoms with Crippen molar-refractivity contribution in [2.45, 2.75) is 18.9 Å². The molecule has 0 aliphatic heterocycles. The standard InChI is InChI=1S/C10H13NS/c1-11-9-4-2-3-8-5-6-12-10(8)7-9/h2-3,5-6,9,11H,4,7H2,1H3. The number of hydrogen-bond donors (Lipinski definition) is 1. The van der Waals surface area contributed by atoms with Crippen LogP contribution >= 0.6 is 11.3 Å². The zero-order valence-corrected chi connectivity index (χ0v) is 8.03. The Morgan fingerprint density at radius 2 is 2.50 bits per heavy atom. The predicted molar refractivity (Wildman–Crippen MR) is 54.5 cm³/mol. The van der Waals surface area contributed by atoms with Crippen LogP contribution in [-0.2, 0) is 6.42 Å². The van der Waals surface area contributed by atoms with Crippen LogP contribution in [0.3, 0.4) is 0 Å². The van der Waals surface area contributed by atoms with Gasteiger partial charge in [0.1, 0.15) is 0 Å². The Kier molecular flexibility index (Phi) is 2.28. The quantitative estimate of drug-likeness (QED) is 0.697. The minimum absolute atomic E-state index is 0.626. The molecule has 0 radical (unpaired) electrons. The highest BCUT2D eigenvalue weighted by Gasteiger charge is 2.11. The molecule has 1 aromatic rings. The number of nitrogens with one attached hydrogen (secondary N) is 1. The van der Waals surface area contributed by atoms with Crippen LogP contribution in [0.4, 0.5) is 0 Å². The molecule has 1 heterocycles. The maximum atomic E-state index is 3.33. The first-order valence-corrected chi connectivity index (χ1v) is 5.18. The average molecular weight is 179 g/mol. The molecule has 0 saturated heterocycles. The summed E-state index contributed by atoms with van der Waals surface area (Å²) in [4.78, 5) is 1.52. The molecular weight excluding hydrogens is 166 g/mol. The Hall–Kier alpha value is -0.600. The van der Waals surface area contributed by atoms with Crippen molar-refractivity contribution in [2.75, 3.05) is 7.05 Å². The molecule has 1 aliphatic rings. The normalized spacial score (nSPS) is 21.9. The molecule has 12 heavy (non-hydrogen) atoms. The molecule has 0 spiro atoms. The second-order valence-corrected chi connectivity index (χ2v) is 4.13. The number of hydrogen-bond acceptors (Lipinski definition) is 2. The van der Waals surface area contributed by atoms with Gasteiger partial charge >= 0.3 is 0 Å². The Morgan fingerprint density at radius 3 is 3.33 bits per heavy atom. The van der Waals surface area contributed by atoms with Gasteiger partial charge in [-0.15, -0.1) is 11.3 Å². The Balaban J connectivity index is 2.27. The van der Waals surface area contributed by atoms with E-state index in [1.54, 1.807) is 0 Å². The van der Waals surface area contributed by atoms with Crippen molar-refractivity contribution in [3.05, 3.63) is 28.0 Å². The summed E-state index contributed by atoms with van der Waals surface area (Å²) in [6.45, 7) is 0. The van der Waals surface area contributed by atoms with Crippen molar-refractivity contribution in [1.29, 1.82) is 0 Å². The molecule has 1 atom stereocenters. The molecule has 0 fully saturated rings. The van der Waals surface area contributed by atoms with Crippen molar-refractivity contribution in [2.24, 2.45) is 0 Å². The summed E-state index contributed by atoms with van der Waals surface area (Å²) in [5, 5.41) is 5.50. The lowest BCUT2D eigenvalue weighted by molar-refractivity contribution is 0.573. The first-order valence-electron chi connectivity index (χ1n) is 4.30. The summed E-state index contributed by atoms with van der Waals surface area (Å²) in [6, 6.07) is 2.83. The highest BCUT2D eigenvalue weighted by atomic mass is 32.1. The molecular formula is C10H13NS. The van der Waals surface area contributed by atoms with E-state index in [-0.39, 0.29) is 0 Å². The first kappa shape index (κ1) is 8.02. The fraction of sp³-hybridized carbons (Fsp3) is 0.400. The maximum absolute atomic E-state index is 3.33. The molecule has 2 heteroatoms. The van der Waals surface area contributed by atoms with Crippen LogP contribution in [0.2, 0.25) is 0 Å². The molecule has 0 bridgehead atoms. The summed E-state index contributed by atoms with van der Waals surface area (Å²) in [5.41, 5.74) is 1.41. The van der Waals surface area contributed by atoms with Gasteiger partial charge in [0.25, 0.3) is 0 Å². The molecule has 1 N–H and O–H groups in total. The molecule has 0 saturated carbocycles. The van der Waals surface area contributed by atoms with Crippen molar-refractivity contribution < 1.29 is 0 Å². The molecule has 0 aromatic carbocycles. The lowest BCUT2D eigenvalue weighted by Gasteiger charge is -2.10. The number of fused-ring (bicyclic) bond motifs is 1. The van der Waals surface area contributed by atoms with Crippen LogP contribution in [0.5, 0.6) is 0 Å². The van der Waals surface area contributed by atoms with Crippen LogP contribution < -0.4 is 5.32 Å². The topological polar surface area (TPSA) is 12.0 Å². The van der Waals surface area contributed by atoms with Gasteiger partial charge in [0, 0.05) is 10.9 Å². The second-order valence-electron chi connectivity index (χ2n) is 3.13. The van der Waals surface area contributed by atoms with E-state index >= 15 is 0 Å². The third-order valence-corrected chi connectivity index (χ3v) is 3.30. The van der Waals surface area contributed by atoms with Crippen LogP contribution in [0, 0.1) is 0 Å². The zero-order chi connectivity index (χ0) is 8.39. The fourth-order valence-electron chi connectivity index (χ4n) is 1.55. The van der Waals surface area contributed by atoms with Crippen LogP contribution in [0.15, 0.2) is 17.5 Å². The SMILES string of the molecule is CNC1CC=Cc2ccsc2C1. The molecule has 2 rings (SSSR count). The van der Waals surface area contributed by atoms with Gasteiger partial charge in [0.05, 0.1) is 0 Å². The van der Waals surface area contributed by atoms with Crippen molar-refractivity contribution in [3.8, 4) is 0 Å². The van der Waals surface area contributed by atoms with Crippen LogP contribution in [0.25, 0.3) is 6.08 Å². The smallest absolute Gasteiger partial charge is 0.0147 e. The van der Waals surface area contributed by atoms with Gasteiger partial charge in [0.15, 0.2) is 0 Å². The molecule has 1 aliphatic carbocycles. The number of thiophene rings is 1. The monoisotopic (exact) mass is 179 g/mol. The Labute approximate surface area is 77.1 Å². The highest BCUT2D eigenvalue weighted by molar-refractivity contribution is 7.10. The Bertz CT molecular complexity index is 288. The molecule has 64 valence electrons. The average Bonchev–Trinajstić information content (AvgIpc) is 2.43. The van der Waals surface area contributed by atoms with Gasteiger partial charge in [-0.1, -0.05) is 12.2 Å². The largest absolute Gasteiger partial charge is 0.316 e.